The maximum Gasteiger partial charge on any atom is 0.350 e. The monoisotopic (exact) mass is 486 g/mol. The number of hydrogen-bond acceptors (Lipinski definition) is 5. The Morgan fingerprint density at radius 2 is 1.38 bits per heavy atom. The summed E-state index contributed by atoms with van der Waals surface area (Å²) in [5.41, 5.74) is 4.07. The molecule has 0 saturated heterocycles. The maximum atomic E-state index is 14.1. The second-order valence-corrected chi connectivity index (χ2v) is 9.31. The number of aliphatic imine (C=N–C) groups is 1. The smallest absolute Gasteiger partial charge is 0.350 e. The lowest BCUT2D eigenvalue weighted by Crippen LogP contribution is -2.49. The number of para-hydroxylation sites is 1. The van der Waals surface area contributed by atoms with E-state index in [1.165, 1.54) is 0 Å². The standard InChI is InChI=1S/C32H26N2O3/c1-36-28-20-12-11-19-25(28)26-21-27(22-13-5-2-6-14-22)33-29(23-15-7-3-8-16-23)32(26)30(34-37-31(32)35)24-17-9-4-10-18-24/h2-20,26,29H,21H2,1H3/t26-,29+,32+/m0/s1. The highest BCUT2D eigenvalue weighted by Gasteiger charge is 2.63. The fourth-order valence-corrected chi connectivity index (χ4v) is 5.73. The predicted octanol–water partition coefficient (Wildman–Crippen LogP) is 6.36. The van der Waals surface area contributed by atoms with Gasteiger partial charge in [0.15, 0.2) is 0 Å². The summed E-state index contributed by atoms with van der Waals surface area (Å²) in [5.74, 6) is -0.0115. The third kappa shape index (κ3) is 3.75. The Labute approximate surface area is 216 Å². The van der Waals surface area contributed by atoms with Crippen LogP contribution < -0.4 is 4.74 Å². The molecule has 37 heavy (non-hydrogen) atoms. The topological polar surface area (TPSA) is 60.2 Å². The molecule has 2 aliphatic heterocycles. The Morgan fingerprint density at radius 3 is 2.05 bits per heavy atom. The first-order valence-corrected chi connectivity index (χ1v) is 12.4. The molecule has 5 heteroatoms. The lowest BCUT2D eigenvalue weighted by molar-refractivity contribution is -0.150. The van der Waals surface area contributed by atoms with E-state index in [0.29, 0.717) is 12.1 Å². The molecule has 1 spiro atoms. The van der Waals surface area contributed by atoms with Crippen molar-refractivity contribution in [2.75, 3.05) is 7.11 Å². The van der Waals surface area contributed by atoms with Crippen LogP contribution in [0.15, 0.2) is 125 Å². The highest BCUT2D eigenvalue weighted by Crippen LogP contribution is 2.58. The zero-order valence-electron chi connectivity index (χ0n) is 20.5. The Bertz CT molecular complexity index is 1480. The van der Waals surface area contributed by atoms with Crippen molar-refractivity contribution < 1.29 is 14.4 Å². The molecule has 0 aromatic heterocycles. The number of nitrogens with zero attached hydrogens (tertiary/aromatic N) is 2. The maximum absolute atomic E-state index is 14.1. The van der Waals surface area contributed by atoms with Gasteiger partial charge in [0.1, 0.15) is 16.9 Å². The van der Waals surface area contributed by atoms with Gasteiger partial charge in [-0.05, 0) is 29.2 Å². The molecule has 0 amide bonds. The molecule has 0 saturated carbocycles. The summed E-state index contributed by atoms with van der Waals surface area (Å²) in [6.45, 7) is 0. The summed E-state index contributed by atoms with van der Waals surface area (Å²) in [6, 6.07) is 37.3. The molecule has 2 heterocycles. The van der Waals surface area contributed by atoms with Crippen molar-refractivity contribution in [3.05, 3.63) is 138 Å². The number of hydrogen-bond donors (Lipinski definition) is 0. The van der Waals surface area contributed by atoms with E-state index in [1.807, 2.05) is 103 Å². The summed E-state index contributed by atoms with van der Waals surface area (Å²) in [7, 11) is 1.66. The van der Waals surface area contributed by atoms with Gasteiger partial charge in [0, 0.05) is 17.2 Å². The molecule has 182 valence electrons. The number of methoxy groups -OCH3 is 1. The summed E-state index contributed by atoms with van der Waals surface area (Å²) in [6.07, 6.45) is 0.522. The molecule has 0 N–H and O–H groups in total. The fourth-order valence-electron chi connectivity index (χ4n) is 5.73. The number of carbonyl (C=O) groups excluding carboxylic acids is 1. The number of rotatable bonds is 5. The molecule has 4 aromatic carbocycles. The molecule has 6 rings (SSSR count). The zero-order chi connectivity index (χ0) is 25.2. The van der Waals surface area contributed by atoms with Crippen LogP contribution in [-0.2, 0) is 9.63 Å². The van der Waals surface area contributed by atoms with Crippen LogP contribution in [0, 0.1) is 5.41 Å². The van der Waals surface area contributed by atoms with Crippen molar-refractivity contribution in [2.45, 2.75) is 18.4 Å². The predicted molar refractivity (Wildman–Crippen MR) is 144 cm³/mol. The fraction of sp³-hybridized carbons (Fsp3) is 0.156. The van der Waals surface area contributed by atoms with Crippen LogP contribution in [0.1, 0.15) is 40.6 Å². The molecule has 0 unspecified atom stereocenters. The van der Waals surface area contributed by atoms with Crippen LogP contribution >= 0.6 is 0 Å². The van der Waals surface area contributed by atoms with E-state index in [2.05, 4.69) is 17.3 Å². The second kappa shape index (κ2) is 9.51. The first-order chi connectivity index (χ1) is 18.2. The number of benzene rings is 4. The van der Waals surface area contributed by atoms with Crippen molar-refractivity contribution in [3.8, 4) is 5.75 Å². The van der Waals surface area contributed by atoms with Crippen molar-refractivity contribution >= 4 is 17.4 Å². The van der Waals surface area contributed by atoms with Gasteiger partial charge >= 0.3 is 5.97 Å². The molecule has 0 bridgehead atoms. The van der Waals surface area contributed by atoms with Crippen LogP contribution in [0.25, 0.3) is 0 Å². The van der Waals surface area contributed by atoms with E-state index in [0.717, 1.165) is 33.7 Å². The lowest BCUT2D eigenvalue weighted by atomic mass is 9.58. The van der Waals surface area contributed by atoms with Gasteiger partial charge in [-0.25, -0.2) is 4.79 Å². The Morgan fingerprint density at radius 1 is 0.784 bits per heavy atom. The minimum Gasteiger partial charge on any atom is -0.496 e. The number of carbonyl (C=O) groups is 1. The minimum absolute atomic E-state index is 0.337. The SMILES string of the molecule is COc1ccccc1[C@@H]1CC(c2ccccc2)=N[C@H](c2ccccc2)[C@]12C(=O)ON=C2c1ccccc1. The number of ether oxygens (including phenoxy) is 1. The van der Waals surface area contributed by atoms with Gasteiger partial charge in [-0.15, -0.1) is 0 Å². The van der Waals surface area contributed by atoms with E-state index in [-0.39, 0.29) is 5.92 Å². The summed E-state index contributed by atoms with van der Waals surface area (Å²) >= 11 is 0. The van der Waals surface area contributed by atoms with Gasteiger partial charge in [-0.1, -0.05) is 114 Å². The molecule has 3 atom stereocenters. The molecule has 4 aromatic rings. The Kier molecular flexibility index (Phi) is 5.89. The van der Waals surface area contributed by atoms with E-state index in [9.17, 15) is 4.79 Å². The molecule has 0 fully saturated rings. The Balaban J connectivity index is 1.67. The van der Waals surface area contributed by atoms with Crippen LogP contribution in [0.5, 0.6) is 5.75 Å². The van der Waals surface area contributed by atoms with Gasteiger partial charge in [0.05, 0.1) is 13.2 Å². The van der Waals surface area contributed by atoms with E-state index >= 15 is 0 Å². The molecule has 0 radical (unpaired) electrons. The average Bonchev–Trinajstić information content (AvgIpc) is 3.31. The van der Waals surface area contributed by atoms with Crippen molar-refractivity contribution in [1.29, 1.82) is 0 Å². The normalized spacial score (nSPS) is 22.8. The largest absolute Gasteiger partial charge is 0.496 e. The molecule has 2 aliphatic rings. The molecule has 0 aliphatic carbocycles. The van der Waals surface area contributed by atoms with E-state index < -0.39 is 17.4 Å². The highest BCUT2D eigenvalue weighted by atomic mass is 16.7. The third-order valence-corrected chi connectivity index (χ3v) is 7.40. The number of oxime groups is 1. The van der Waals surface area contributed by atoms with Gasteiger partial charge in [0.25, 0.3) is 0 Å². The third-order valence-electron chi connectivity index (χ3n) is 7.40. The minimum atomic E-state index is -1.18. The Hall–Kier alpha value is -4.51. The lowest BCUT2D eigenvalue weighted by Gasteiger charge is -2.43. The van der Waals surface area contributed by atoms with Gasteiger partial charge < -0.3 is 9.57 Å². The second-order valence-electron chi connectivity index (χ2n) is 9.31. The molecular formula is C32H26N2O3. The van der Waals surface area contributed by atoms with Crippen molar-refractivity contribution in [1.82, 2.24) is 0 Å². The highest BCUT2D eigenvalue weighted by molar-refractivity contribution is 6.20. The van der Waals surface area contributed by atoms with Gasteiger partial charge in [-0.3, -0.25) is 4.99 Å². The van der Waals surface area contributed by atoms with Crippen LogP contribution in [0.4, 0.5) is 0 Å². The van der Waals surface area contributed by atoms with Crippen LogP contribution in [0.3, 0.4) is 0 Å². The van der Waals surface area contributed by atoms with E-state index in [1.54, 1.807) is 7.11 Å². The summed E-state index contributed by atoms with van der Waals surface area (Å²) in [5, 5.41) is 4.43. The summed E-state index contributed by atoms with van der Waals surface area (Å²) in [4.78, 5) is 25.0. The quantitative estimate of drug-likeness (QED) is 0.308. The molecule has 5 nitrogen and oxygen atoms in total. The van der Waals surface area contributed by atoms with Crippen molar-refractivity contribution in [3.63, 3.8) is 0 Å². The van der Waals surface area contributed by atoms with Crippen LogP contribution in [-0.4, -0.2) is 24.5 Å². The first kappa shape index (κ1) is 22.9. The van der Waals surface area contributed by atoms with Gasteiger partial charge in [0.2, 0.25) is 0 Å². The summed E-state index contributed by atoms with van der Waals surface area (Å²) < 4.78 is 5.83. The van der Waals surface area contributed by atoms with Gasteiger partial charge in [-0.2, -0.15) is 0 Å². The molecular weight excluding hydrogens is 460 g/mol. The first-order valence-electron chi connectivity index (χ1n) is 12.4. The van der Waals surface area contributed by atoms with E-state index in [4.69, 9.17) is 14.6 Å². The zero-order valence-corrected chi connectivity index (χ0v) is 20.5. The van der Waals surface area contributed by atoms with Crippen LogP contribution in [0.2, 0.25) is 0 Å². The van der Waals surface area contributed by atoms with Crippen molar-refractivity contribution in [2.24, 2.45) is 15.6 Å². The average molecular weight is 487 g/mol.